The smallest absolute Gasteiger partial charge is 0.0660 e. The highest BCUT2D eigenvalue weighted by atomic mass is 127. The highest BCUT2D eigenvalue weighted by Crippen LogP contribution is 2.38. The highest BCUT2D eigenvalue weighted by molar-refractivity contribution is 14.1. The zero-order chi connectivity index (χ0) is 12.5. The third-order valence-corrected chi connectivity index (χ3v) is 5.42. The third-order valence-electron chi connectivity index (χ3n) is 3.45. The summed E-state index contributed by atoms with van der Waals surface area (Å²) in [5, 5.41) is 3.66. The van der Waals surface area contributed by atoms with Crippen molar-refractivity contribution in [2.24, 2.45) is 0 Å². The van der Waals surface area contributed by atoms with Gasteiger partial charge in [-0.05, 0) is 72.0 Å². The molecule has 0 saturated carbocycles. The SMILES string of the molecule is Cc1ccncc1NC1CCCc2sc(I)cc21. The molecule has 0 aromatic carbocycles. The Morgan fingerprint density at radius 2 is 2.39 bits per heavy atom. The molecule has 1 unspecified atom stereocenters. The van der Waals surface area contributed by atoms with Crippen molar-refractivity contribution in [3.05, 3.63) is 43.4 Å². The second-order valence-corrected chi connectivity index (χ2v) is 7.74. The fraction of sp³-hybridized carbons (Fsp3) is 0.357. The molecule has 0 fully saturated rings. The average Bonchev–Trinajstić information content (AvgIpc) is 2.73. The molecule has 2 aromatic heterocycles. The van der Waals surface area contributed by atoms with Gasteiger partial charge in [-0.15, -0.1) is 11.3 Å². The van der Waals surface area contributed by atoms with Crippen LogP contribution in [0.3, 0.4) is 0 Å². The number of pyridine rings is 1. The molecular formula is C14H15IN2S. The first-order chi connectivity index (χ1) is 8.74. The van der Waals surface area contributed by atoms with Crippen molar-refractivity contribution in [1.82, 2.24) is 4.98 Å². The Bertz CT molecular complexity index is 565. The number of hydrogen-bond donors (Lipinski definition) is 1. The van der Waals surface area contributed by atoms with Gasteiger partial charge in [-0.1, -0.05) is 0 Å². The number of halogens is 1. The monoisotopic (exact) mass is 370 g/mol. The number of aryl methyl sites for hydroxylation is 2. The zero-order valence-electron chi connectivity index (χ0n) is 10.2. The fourth-order valence-electron chi connectivity index (χ4n) is 2.47. The van der Waals surface area contributed by atoms with Crippen LogP contribution in [0.2, 0.25) is 0 Å². The Balaban J connectivity index is 1.88. The Labute approximate surface area is 125 Å². The van der Waals surface area contributed by atoms with Crippen molar-refractivity contribution in [2.75, 3.05) is 5.32 Å². The minimum Gasteiger partial charge on any atom is -0.377 e. The maximum atomic E-state index is 4.21. The second kappa shape index (κ2) is 5.17. The Morgan fingerprint density at radius 3 is 3.22 bits per heavy atom. The van der Waals surface area contributed by atoms with Gasteiger partial charge in [0.05, 0.1) is 20.8 Å². The second-order valence-electron chi connectivity index (χ2n) is 4.71. The number of anilines is 1. The molecular weight excluding hydrogens is 355 g/mol. The number of nitrogens with zero attached hydrogens (tertiary/aromatic N) is 1. The molecule has 3 rings (SSSR count). The molecule has 2 aromatic rings. The van der Waals surface area contributed by atoms with E-state index >= 15 is 0 Å². The van der Waals surface area contributed by atoms with Gasteiger partial charge in [-0.3, -0.25) is 4.98 Å². The van der Waals surface area contributed by atoms with Gasteiger partial charge in [0.1, 0.15) is 0 Å². The van der Waals surface area contributed by atoms with Crippen LogP contribution in [0.5, 0.6) is 0 Å². The molecule has 1 N–H and O–H groups in total. The number of aromatic nitrogens is 1. The lowest BCUT2D eigenvalue weighted by Crippen LogP contribution is -2.16. The Kier molecular flexibility index (Phi) is 3.56. The number of thiophene rings is 1. The lowest BCUT2D eigenvalue weighted by Gasteiger charge is -2.25. The van der Waals surface area contributed by atoms with E-state index in [-0.39, 0.29) is 0 Å². The van der Waals surface area contributed by atoms with Crippen LogP contribution in [0.4, 0.5) is 5.69 Å². The van der Waals surface area contributed by atoms with Crippen molar-refractivity contribution in [3.8, 4) is 0 Å². The van der Waals surface area contributed by atoms with Crippen LogP contribution in [0, 0.1) is 9.81 Å². The van der Waals surface area contributed by atoms with Gasteiger partial charge in [-0.25, -0.2) is 0 Å². The number of hydrogen-bond acceptors (Lipinski definition) is 3. The minimum atomic E-state index is 0.455. The topological polar surface area (TPSA) is 24.9 Å². The summed E-state index contributed by atoms with van der Waals surface area (Å²) in [7, 11) is 0. The van der Waals surface area contributed by atoms with E-state index in [1.807, 2.05) is 23.7 Å². The number of rotatable bonds is 2. The molecule has 18 heavy (non-hydrogen) atoms. The van der Waals surface area contributed by atoms with Gasteiger partial charge in [0.2, 0.25) is 0 Å². The third kappa shape index (κ3) is 2.40. The van der Waals surface area contributed by atoms with Gasteiger partial charge in [0, 0.05) is 11.1 Å². The van der Waals surface area contributed by atoms with Crippen molar-refractivity contribution in [3.63, 3.8) is 0 Å². The summed E-state index contributed by atoms with van der Waals surface area (Å²) in [5.41, 5.74) is 3.93. The van der Waals surface area contributed by atoms with E-state index in [1.54, 1.807) is 4.88 Å². The Hall–Kier alpha value is -0.620. The molecule has 0 spiro atoms. The summed E-state index contributed by atoms with van der Waals surface area (Å²) in [4.78, 5) is 5.77. The molecule has 1 atom stereocenters. The maximum absolute atomic E-state index is 4.21. The van der Waals surface area contributed by atoms with Crippen molar-refractivity contribution >= 4 is 39.6 Å². The summed E-state index contributed by atoms with van der Waals surface area (Å²) < 4.78 is 1.40. The summed E-state index contributed by atoms with van der Waals surface area (Å²) in [6, 6.07) is 4.85. The van der Waals surface area contributed by atoms with Gasteiger partial charge in [0.25, 0.3) is 0 Å². The molecule has 1 aliphatic rings. The van der Waals surface area contributed by atoms with Crippen LogP contribution >= 0.6 is 33.9 Å². The van der Waals surface area contributed by atoms with Crippen molar-refractivity contribution in [1.29, 1.82) is 0 Å². The maximum Gasteiger partial charge on any atom is 0.0660 e. The van der Waals surface area contributed by atoms with Crippen LogP contribution in [-0.4, -0.2) is 4.98 Å². The normalized spacial score (nSPS) is 18.4. The largest absolute Gasteiger partial charge is 0.377 e. The van der Waals surface area contributed by atoms with Crippen LogP contribution < -0.4 is 5.32 Å². The molecule has 2 nitrogen and oxygen atoms in total. The summed E-state index contributed by atoms with van der Waals surface area (Å²) in [5.74, 6) is 0. The summed E-state index contributed by atoms with van der Waals surface area (Å²) in [6.45, 7) is 2.13. The highest BCUT2D eigenvalue weighted by Gasteiger charge is 2.22. The van der Waals surface area contributed by atoms with Crippen molar-refractivity contribution < 1.29 is 0 Å². The molecule has 0 amide bonds. The van der Waals surface area contributed by atoms with E-state index in [1.165, 1.54) is 33.3 Å². The van der Waals surface area contributed by atoms with E-state index in [9.17, 15) is 0 Å². The molecule has 94 valence electrons. The lowest BCUT2D eigenvalue weighted by atomic mass is 9.94. The predicted molar refractivity (Wildman–Crippen MR) is 85.3 cm³/mol. The van der Waals surface area contributed by atoms with Crippen LogP contribution in [0.25, 0.3) is 0 Å². The number of fused-ring (bicyclic) bond motifs is 1. The van der Waals surface area contributed by atoms with Crippen LogP contribution in [0.15, 0.2) is 24.5 Å². The average molecular weight is 370 g/mol. The van der Waals surface area contributed by atoms with Gasteiger partial charge in [0.15, 0.2) is 0 Å². The van der Waals surface area contributed by atoms with E-state index in [4.69, 9.17) is 0 Å². The van der Waals surface area contributed by atoms with Crippen molar-refractivity contribution in [2.45, 2.75) is 32.2 Å². The van der Waals surface area contributed by atoms with E-state index in [2.05, 4.69) is 51.9 Å². The quantitative estimate of drug-likeness (QED) is 0.785. The van der Waals surface area contributed by atoms with Gasteiger partial charge >= 0.3 is 0 Å². The molecule has 0 aliphatic heterocycles. The lowest BCUT2D eigenvalue weighted by molar-refractivity contribution is 0.608. The van der Waals surface area contributed by atoms with Crippen LogP contribution in [-0.2, 0) is 6.42 Å². The Morgan fingerprint density at radius 1 is 1.50 bits per heavy atom. The van der Waals surface area contributed by atoms with Gasteiger partial charge < -0.3 is 5.32 Å². The molecule has 0 bridgehead atoms. The molecule has 0 saturated heterocycles. The van der Waals surface area contributed by atoms with Gasteiger partial charge in [-0.2, -0.15) is 0 Å². The molecule has 4 heteroatoms. The zero-order valence-corrected chi connectivity index (χ0v) is 13.2. The first-order valence-corrected chi connectivity index (χ1v) is 8.09. The minimum absolute atomic E-state index is 0.455. The first kappa shape index (κ1) is 12.4. The number of nitrogens with one attached hydrogen (secondary N) is 1. The summed E-state index contributed by atoms with van der Waals surface area (Å²) >= 11 is 4.37. The summed E-state index contributed by atoms with van der Waals surface area (Å²) in [6.07, 6.45) is 7.52. The van der Waals surface area contributed by atoms with E-state index < -0.39 is 0 Å². The first-order valence-electron chi connectivity index (χ1n) is 6.19. The van der Waals surface area contributed by atoms with E-state index in [0.717, 1.165) is 5.69 Å². The predicted octanol–water partition coefficient (Wildman–Crippen LogP) is 4.55. The van der Waals surface area contributed by atoms with E-state index in [0.29, 0.717) is 6.04 Å². The fourth-order valence-corrected chi connectivity index (χ4v) is 4.59. The van der Waals surface area contributed by atoms with Crippen LogP contribution in [0.1, 0.15) is 34.9 Å². The molecule has 1 aliphatic carbocycles. The molecule has 2 heterocycles. The molecule has 0 radical (unpaired) electrons. The standard InChI is InChI=1S/C14H15IN2S/c1-9-5-6-16-8-12(9)17-11-3-2-4-13-10(11)7-14(15)18-13/h5-8,11,17H,2-4H2,1H3.